The van der Waals surface area contributed by atoms with Crippen molar-refractivity contribution in [1.82, 2.24) is 15.2 Å². The lowest BCUT2D eigenvalue weighted by atomic mass is 10.2. The van der Waals surface area contributed by atoms with Crippen LogP contribution in [0.2, 0.25) is 0 Å². The molecule has 1 heterocycles. The standard InChI is InChI=1S/C6H10N4O/c7-4(3-1-2-3)5-8-6(11)10-9-5/h3-4H,1-2,7H2,(H2,8,9,10,11). The fourth-order valence-electron chi connectivity index (χ4n) is 1.12. The van der Waals surface area contributed by atoms with Crippen LogP contribution in [0.3, 0.4) is 0 Å². The second-order valence-corrected chi connectivity index (χ2v) is 2.93. The second kappa shape index (κ2) is 2.20. The fourth-order valence-corrected chi connectivity index (χ4v) is 1.12. The third-order valence-electron chi connectivity index (χ3n) is 1.97. The van der Waals surface area contributed by atoms with Gasteiger partial charge in [0.2, 0.25) is 0 Å². The molecule has 1 aromatic heterocycles. The van der Waals surface area contributed by atoms with E-state index in [-0.39, 0.29) is 11.7 Å². The molecular weight excluding hydrogens is 144 g/mol. The van der Waals surface area contributed by atoms with Gasteiger partial charge in [0, 0.05) is 0 Å². The van der Waals surface area contributed by atoms with E-state index < -0.39 is 0 Å². The highest BCUT2D eigenvalue weighted by Gasteiger charge is 2.31. The highest BCUT2D eigenvalue weighted by atomic mass is 16.1. The zero-order valence-electron chi connectivity index (χ0n) is 6.00. The molecule has 5 heteroatoms. The van der Waals surface area contributed by atoms with E-state index in [0.717, 1.165) is 12.8 Å². The zero-order valence-corrected chi connectivity index (χ0v) is 6.00. The van der Waals surface area contributed by atoms with Crippen LogP contribution < -0.4 is 11.4 Å². The minimum absolute atomic E-state index is 0.0889. The normalized spacial score (nSPS) is 20.1. The maximum atomic E-state index is 10.6. The average molecular weight is 154 g/mol. The Morgan fingerprint density at radius 1 is 1.64 bits per heavy atom. The maximum Gasteiger partial charge on any atom is 0.340 e. The van der Waals surface area contributed by atoms with Crippen LogP contribution in [-0.2, 0) is 0 Å². The van der Waals surface area contributed by atoms with E-state index in [1.54, 1.807) is 0 Å². The Kier molecular flexibility index (Phi) is 1.32. The number of hydrogen-bond acceptors (Lipinski definition) is 3. The topological polar surface area (TPSA) is 87.6 Å². The van der Waals surface area contributed by atoms with Gasteiger partial charge in [0.15, 0.2) is 0 Å². The minimum Gasteiger partial charge on any atom is -0.321 e. The third kappa shape index (κ3) is 1.19. The lowest BCUT2D eigenvalue weighted by molar-refractivity contribution is 0.596. The molecule has 0 bridgehead atoms. The number of aromatic amines is 2. The predicted molar refractivity (Wildman–Crippen MR) is 38.9 cm³/mol. The molecule has 0 radical (unpaired) electrons. The summed E-state index contributed by atoms with van der Waals surface area (Å²) in [5.74, 6) is 1.10. The third-order valence-corrected chi connectivity index (χ3v) is 1.97. The van der Waals surface area contributed by atoms with Crippen LogP contribution in [0.25, 0.3) is 0 Å². The number of nitrogens with zero attached hydrogens (tertiary/aromatic N) is 1. The molecule has 0 aliphatic heterocycles. The van der Waals surface area contributed by atoms with Gasteiger partial charge in [-0.15, -0.1) is 0 Å². The molecule has 4 N–H and O–H groups in total. The molecule has 1 saturated carbocycles. The molecule has 1 fully saturated rings. The first-order valence-electron chi connectivity index (χ1n) is 3.67. The van der Waals surface area contributed by atoms with Gasteiger partial charge in [-0.2, -0.15) is 5.10 Å². The SMILES string of the molecule is NC(c1n[nH]c(=O)[nH]1)C1CC1. The van der Waals surface area contributed by atoms with Crippen molar-refractivity contribution in [2.45, 2.75) is 18.9 Å². The number of aromatic nitrogens is 3. The molecule has 0 aromatic carbocycles. The van der Waals surface area contributed by atoms with Gasteiger partial charge in [-0.1, -0.05) is 0 Å². The van der Waals surface area contributed by atoms with E-state index >= 15 is 0 Å². The summed E-state index contributed by atoms with van der Waals surface area (Å²) in [6.45, 7) is 0. The Morgan fingerprint density at radius 3 is 2.82 bits per heavy atom. The van der Waals surface area contributed by atoms with Crippen molar-refractivity contribution in [2.75, 3.05) is 0 Å². The molecule has 0 amide bonds. The lowest BCUT2D eigenvalue weighted by Crippen LogP contribution is -2.15. The number of H-pyrrole nitrogens is 2. The molecule has 1 unspecified atom stereocenters. The summed E-state index contributed by atoms with van der Waals surface area (Å²) < 4.78 is 0. The second-order valence-electron chi connectivity index (χ2n) is 2.93. The summed E-state index contributed by atoms with van der Waals surface area (Å²) in [5, 5.41) is 6.05. The first-order valence-corrected chi connectivity index (χ1v) is 3.67. The van der Waals surface area contributed by atoms with Crippen LogP contribution in [0.4, 0.5) is 0 Å². The van der Waals surface area contributed by atoms with E-state index in [1.807, 2.05) is 0 Å². The Hall–Kier alpha value is -1.10. The Balaban J connectivity index is 2.20. The van der Waals surface area contributed by atoms with Gasteiger partial charge in [0.1, 0.15) is 5.82 Å². The van der Waals surface area contributed by atoms with Crippen LogP contribution in [0.1, 0.15) is 24.7 Å². The van der Waals surface area contributed by atoms with Gasteiger partial charge in [0.05, 0.1) is 6.04 Å². The van der Waals surface area contributed by atoms with Crippen LogP contribution in [0.15, 0.2) is 4.79 Å². The van der Waals surface area contributed by atoms with Gasteiger partial charge in [-0.3, -0.25) is 4.98 Å². The minimum atomic E-state index is -0.281. The quantitative estimate of drug-likeness (QED) is 0.537. The smallest absolute Gasteiger partial charge is 0.321 e. The summed E-state index contributed by atoms with van der Waals surface area (Å²) in [6, 6.07) is -0.0889. The van der Waals surface area contributed by atoms with Crippen LogP contribution >= 0.6 is 0 Å². The number of nitrogens with two attached hydrogens (primary N) is 1. The number of hydrogen-bond donors (Lipinski definition) is 3. The van der Waals surface area contributed by atoms with Crippen LogP contribution in [0, 0.1) is 5.92 Å². The summed E-state index contributed by atoms with van der Waals surface area (Å²) in [6.07, 6.45) is 2.30. The van der Waals surface area contributed by atoms with Gasteiger partial charge >= 0.3 is 5.69 Å². The fraction of sp³-hybridized carbons (Fsp3) is 0.667. The Bertz CT molecular complexity index is 298. The molecule has 0 saturated heterocycles. The first kappa shape index (κ1) is 6.60. The summed E-state index contributed by atoms with van der Waals surface area (Å²) in [4.78, 5) is 13.2. The predicted octanol–water partition coefficient (Wildman–Crippen LogP) is -0.492. The molecule has 60 valence electrons. The van der Waals surface area contributed by atoms with Crippen LogP contribution in [0.5, 0.6) is 0 Å². The largest absolute Gasteiger partial charge is 0.340 e. The lowest BCUT2D eigenvalue weighted by Gasteiger charge is -2.03. The van der Waals surface area contributed by atoms with E-state index in [1.165, 1.54) is 0 Å². The molecule has 2 rings (SSSR count). The van der Waals surface area contributed by atoms with Crippen LogP contribution in [-0.4, -0.2) is 15.2 Å². The number of nitrogens with one attached hydrogen (secondary N) is 2. The van der Waals surface area contributed by atoms with E-state index in [2.05, 4.69) is 15.2 Å². The molecule has 1 atom stereocenters. The van der Waals surface area contributed by atoms with Crippen molar-refractivity contribution < 1.29 is 0 Å². The monoisotopic (exact) mass is 154 g/mol. The molecule has 1 aliphatic carbocycles. The van der Waals surface area contributed by atoms with Gasteiger partial charge in [-0.25, -0.2) is 9.89 Å². The summed E-state index contributed by atoms with van der Waals surface area (Å²) in [5.41, 5.74) is 5.48. The zero-order chi connectivity index (χ0) is 7.84. The summed E-state index contributed by atoms with van der Waals surface area (Å²) in [7, 11) is 0. The molecule has 0 spiro atoms. The number of rotatable bonds is 2. The molecule has 5 nitrogen and oxygen atoms in total. The average Bonchev–Trinajstić information content (AvgIpc) is 2.74. The Morgan fingerprint density at radius 2 is 2.36 bits per heavy atom. The Labute approximate surface area is 63.0 Å². The van der Waals surface area contributed by atoms with Crippen molar-refractivity contribution >= 4 is 0 Å². The first-order chi connectivity index (χ1) is 5.27. The molecule has 11 heavy (non-hydrogen) atoms. The van der Waals surface area contributed by atoms with E-state index in [4.69, 9.17) is 5.73 Å². The highest BCUT2D eigenvalue weighted by Crippen LogP contribution is 2.37. The summed E-state index contributed by atoms with van der Waals surface area (Å²) >= 11 is 0. The maximum absolute atomic E-state index is 10.6. The van der Waals surface area contributed by atoms with Crippen molar-refractivity contribution in [3.8, 4) is 0 Å². The van der Waals surface area contributed by atoms with E-state index in [0.29, 0.717) is 11.7 Å². The van der Waals surface area contributed by atoms with Gasteiger partial charge in [-0.05, 0) is 18.8 Å². The van der Waals surface area contributed by atoms with Crippen molar-refractivity contribution in [2.24, 2.45) is 11.7 Å². The molecule has 1 aromatic rings. The molecule has 1 aliphatic rings. The van der Waals surface area contributed by atoms with Crippen molar-refractivity contribution in [3.63, 3.8) is 0 Å². The van der Waals surface area contributed by atoms with Gasteiger partial charge < -0.3 is 5.73 Å². The van der Waals surface area contributed by atoms with E-state index in [9.17, 15) is 4.79 Å². The van der Waals surface area contributed by atoms with Crippen molar-refractivity contribution in [1.29, 1.82) is 0 Å². The van der Waals surface area contributed by atoms with Gasteiger partial charge in [0.25, 0.3) is 0 Å². The van der Waals surface area contributed by atoms with Crippen molar-refractivity contribution in [3.05, 3.63) is 16.3 Å². The highest BCUT2D eigenvalue weighted by molar-refractivity contribution is 4.97. The molecular formula is C6H10N4O.